The average Bonchev–Trinajstić information content (AvgIpc) is 1.86. The van der Waals surface area contributed by atoms with Crippen molar-refractivity contribution in [1.82, 2.24) is 4.98 Å². The number of H-pyrrole nitrogens is 1. The fraction of sp³-hybridized carbons (Fsp3) is 0. The van der Waals surface area contributed by atoms with Gasteiger partial charge in [-0.25, -0.2) is 0 Å². The number of nitrogens with one attached hydrogen (secondary N) is 1. The topological polar surface area (TPSA) is 15.8 Å². The fourth-order valence-electron chi connectivity index (χ4n) is 0.420. The van der Waals surface area contributed by atoms with E-state index in [-0.39, 0.29) is 0 Å². The lowest BCUT2D eigenvalue weighted by atomic mass is 10.7. The molecule has 0 unspecified atom stereocenters. The highest BCUT2D eigenvalue weighted by molar-refractivity contribution is 6.30. The van der Waals surface area contributed by atoms with Crippen molar-refractivity contribution in [1.29, 1.82) is 0 Å². The number of aromatic amines is 1. The van der Waals surface area contributed by atoms with E-state index < -0.39 is 0 Å². The van der Waals surface area contributed by atoms with Crippen LogP contribution in [0.25, 0.3) is 0 Å². The molecule has 1 aromatic heterocycles. The predicted molar refractivity (Wildman–Crippen MR) is 27.6 cm³/mol. The molecule has 0 fully saturated rings. The molecule has 1 rings (SSSR count). The van der Waals surface area contributed by atoms with E-state index in [1.165, 1.54) is 3.82 Å². The zero-order valence-corrected chi connectivity index (χ0v) is 5.73. The summed E-state index contributed by atoms with van der Waals surface area (Å²) >= 11 is 1.14. The lowest BCUT2D eigenvalue weighted by molar-refractivity contribution is 1.47. The highest BCUT2D eigenvalue weighted by Gasteiger charge is 1.73. The van der Waals surface area contributed by atoms with E-state index in [4.69, 9.17) is 0 Å². The van der Waals surface area contributed by atoms with Gasteiger partial charge in [-0.15, -0.1) is 3.82 Å². The van der Waals surface area contributed by atoms with Gasteiger partial charge in [0.15, 0.2) is 0 Å². The van der Waals surface area contributed by atoms with Gasteiger partial charge in [0.05, 0.1) is 0 Å². The normalized spacial score (nSPS) is 8.50. The van der Waals surface area contributed by atoms with Gasteiger partial charge in [-0.05, 0) is 12.3 Å². The minimum Gasteiger partial charge on any atom is -0.394 e. The first-order valence-corrected chi connectivity index (χ1v) is 2.99. The molecule has 2 heteroatoms. The van der Waals surface area contributed by atoms with Crippen LogP contribution in [-0.2, 0) is 0 Å². The minimum absolute atomic E-state index is 1.14. The van der Waals surface area contributed by atoms with Crippen LogP contribution in [0.3, 0.4) is 0 Å². The Morgan fingerprint density at radius 3 is 2.67 bits per heavy atom. The standard InChI is InChI=1S/C4H4N.Mg.H/c1-2-4-5-3-1;;/h1-3,5H;;. The van der Waals surface area contributed by atoms with E-state index in [0.717, 1.165) is 21.7 Å². The second-order valence-electron chi connectivity index (χ2n) is 1.35. The first kappa shape index (κ1) is 4.21. The third-order valence-corrected chi connectivity index (χ3v) is 1.38. The first-order chi connectivity index (χ1) is 2.89. The molecule has 0 spiro atoms. The van der Waals surface area contributed by atoms with E-state index in [9.17, 15) is 0 Å². The summed E-state index contributed by atoms with van der Waals surface area (Å²) in [5, 5.41) is 0. The van der Waals surface area contributed by atoms with Gasteiger partial charge in [0.1, 0.15) is 0 Å². The molecule has 1 N–H and O–H groups in total. The summed E-state index contributed by atoms with van der Waals surface area (Å²) in [4.78, 5) is 3.06. The van der Waals surface area contributed by atoms with Crippen molar-refractivity contribution in [2.75, 3.05) is 0 Å². The molecule has 0 saturated carbocycles. The Balaban J connectivity index is 3.05. The van der Waals surface area contributed by atoms with Gasteiger partial charge in [-0.3, -0.25) is 0 Å². The Hall–Kier alpha value is 0.0462. The van der Waals surface area contributed by atoms with Gasteiger partial charge in [0.2, 0.25) is 0 Å². The van der Waals surface area contributed by atoms with Crippen LogP contribution in [0, 0.1) is 0 Å². The Labute approximate surface area is 49.2 Å². The van der Waals surface area contributed by atoms with Gasteiger partial charge in [-0.1, -0.05) is 6.07 Å². The quantitative estimate of drug-likeness (QED) is 0.416. The first-order valence-electron chi connectivity index (χ1n) is 1.99. The summed E-state index contributed by atoms with van der Waals surface area (Å²) in [5.74, 6) is 0. The van der Waals surface area contributed by atoms with Crippen molar-refractivity contribution in [3.8, 4) is 0 Å². The van der Waals surface area contributed by atoms with Crippen molar-refractivity contribution < 1.29 is 0 Å². The molecule has 0 amide bonds. The molecule has 6 heavy (non-hydrogen) atoms. The lowest BCUT2D eigenvalue weighted by Crippen LogP contribution is -1.98. The van der Waals surface area contributed by atoms with Crippen LogP contribution in [0.2, 0.25) is 0 Å². The third kappa shape index (κ3) is 0.756. The molecular weight excluding hydrogens is 86.4 g/mol. The smallest absolute Gasteiger partial charge is 0.394 e. The Kier molecular flexibility index (Phi) is 1.17. The van der Waals surface area contributed by atoms with Crippen molar-refractivity contribution >= 4 is 25.5 Å². The SMILES string of the molecule is [MgH][c]1ccc[nH]1. The minimum atomic E-state index is 1.14. The van der Waals surface area contributed by atoms with E-state index in [0.29, 0.717) is 0 Å². The Bertz CT molecular complexity index is 111. The average molecular weight is 91.4 g/mol. The molecule has 1 heterocycles. The molecule has 1 nitrogen and oxygen atoms in total. The van der Waals surface area contributed by atoms with E-state index in [2.05, 4.69) is 11.1 Å². The summed E-state index contributed by atoms with van der Waals surface area (Å²) < 4.78 is 1.36. The van der Waals surface area contributed by atoms with Gasteiger partial charge in [0, 0.05) is 0 Å². The largest absolute Gasteiger partial charge is 0.411 e. The fourth-order valence-corrected chi connectivity index (χ4v) is 0.779. The molecule has 0 radical (unpaired) electrons. The molecule has 0 aliphatic heterocycles. The van der Waals surface area contributed by atoms with Crippen LogP contribution < -0.4 is 3.82 Å². The zero-order valence-electron chi connectivity index (χ0n) is 3.73. The highest BCUT2D eigenvalue weighted by atomic mass is 24.4. The monoisotopic (exact) mass is 91.0 g/mol. The molecule has 0 aliphatic rings. The molecule has 28 valence electrons. The second-order valence-corrected chi connectivity index (χ2v) is 2.43. The number of hydrogen-bond donors (Lipinski definition) is 1. The molecule has 1 aromatic rings. The van der Waals surface area contributed by atoms with Crippen LogP contribution in [0.5, 0.6) is 0 Å². The van der Waals surface area contributed by atoms with Crippen LogP contribution in [0.15, 0.2) is 18.3 Å². The molecule has 0 saturated heterocycles. The van der Waals surface area contributed by atoms with Crippen molar-refractivity contribution in [2.24, 2.45) is 0 Å². The van der Waals surface area contributed by atoms with Crippen LogP contribution >= 0.6 is 0 Å². The molecule has 0 bridgehead atoms. The second kappa shape index (κ2) is 1.66. The maximum atomic E-state index is 3.06. The summed E-state index contributed by atoms with van der Waals surface area (Å²) in [6.07, 6.45) is 1.95. The van der Waals surface area contributed by atoms with Crippen LogP contribution in [0.1, 0.15) is 0 Å². The van der Waals surface area contributed by atoms with Crippen LogP contribution in [-0.4, -0.2) is 26.7 Å². The summed E-state index contributed by atoms with van der Waals surface area (Å²) in [7, 11) is 0. The van der Waals surface area contributed by atoms with Gasteiger partial charge in [-0.2, -0.15) is 0 Å². The maximum Gasteiger partial charge on any atom is 0.411 e. The van der Waals surface area contributed by atoms with Crippen molar-refractivity contribution in [3.05, 3.63) is 18.3 Å². The molecule has 0 aromatic carbocycles. The highest BCUT2D eigenvalue weighted by Crippen LogP contribution is 1.68. The zero-order chi connectivity index (χ0) is 4.41. The number of hydrogen-bond acceptors (Lipinski definition) is 0. The molecular formula is C4H5MgN. The number of aromatic nitrogens is 1. The van der Waals surface area contributed by atoms with Gasteiger partial charge in [0.25, 0.3) is 0 Å². The van der Waals surface area contributed by atoms with Gasteiger partial charge < -0.3 is 4.98 Å². The summed E-state index contributed by atoms with van der Waals surface area (Å²) in [6.45, 7) is 0. The summed E-state index contributed by atoms with van der Waals surface area (Å²) in [5.41, 5.74) is 0. The van der Waals surface area contributed by atoms with E-state index in [1.807, 2.05) is 12.3 Å². The lowest BCUT2D eigenvalue weighted by Gasteiger charge is -1.72. The predicted octanol–water partition coefficient (Wildman–Crippen LogP) is -0.459. The number of rotatable bonds is 0. The van der Waals surface area contributed by atoms with E-state index in [1.54, 1.807) is 0 Å². The Morgan fingerprint density at radius 1 is 1.67 bits per heavy atom. The van der Waals surface area contributed by atoms with E-state index >= 15 is 0 Å². The Morgan fingerprint density at radius 2 is 2.50 bits per heavy atom. The molecule has 0 atom stereocenters. The van der Waals surface area contributed by atoms with Crippen molar-refractivity contribution in [3.63, 3.8) is 0 Å². The summed E-state index contributed by atoms with van der Waals surface area (Å²) in [6, 6.07) is 4.11. The molecule has 0 aliphatic carbocycles. The van der Waals surface area contributed by atoms with Crippen LogP contribution in [0.4, 0.5) is 0 Å². The maximum absolute atomic E-state index is 3.06. The van der Waals surface area contributed by atoms with Gasteiger partial charge >= 0.3 is 21.7 Å². The third-order valence-electron chi connectivity index (χ3n) is 0.753. The van der Waals surface area contributed by atoms with Crippen molar-refractivity contribution in [2.45, 2.75) is 0 Å².